The van der Waals surface area contributed by atoms with Gasteiger partial charge in [-0.1, -0.05) is 133 Å². The van der Waals surface area contributed by atoms with Crippen molar-refractivity contribution in [2.75, 3.05) is 0 Å². The molecule has 0 aliphatic carbocycles. The Hall–Kier alpha value is -3.95. The second kappa shape index (κ2) is 16.2. The molecule has 0 saturated heterocycles. The van der Waals surface area contributed by atoms with Gasteiger partial charge in [0.05, 0.1) is 8.07 Å². The predicted molar refractivity (Wildman–Crippen MR) is 207 cm³/mol. The third kappa shape index (κ3) is 10.0. The molecular weight excluding hydrogens is 789 g/mol. The van der Waals surface area contributed by atoms with Crippen LogP contribution in [0.25, 0.3) is 22.5 Å². The third-order valence-electron chi connectivity index (χ3n) is 8.94. The quantitative estimate of drug-likeness (QED) is 0.118. The van der Waals surface area contributed by atoms with E-state index in [9.17, 15) is 0 Å². The number of aromatic nitrogens is 2. The van der Waals surface area contributed by atoms with E-state index in [-0.39, 0.29) is 30.9 Å². The second-order valence-corrected chi connectivity index (χ2v) is 20.2. The van der Waals surface area contributed by atoms with Crippen LogP contribution in [0.3, 0.4) is 0 Å². The summed E-state index contributed by atoms with van der Waals surface area (Å²) in [6.45, 7) is 18.3. The molecule has 0 aliphatic heterocycles. The third-order valence-corrected chi connectivity index (χ3v) is 11.0. The molecule has 0 saturated carbocycles. The fourth-order valence-electron chi connectivity index (χ4n) is 5.67. The van der Waals surface area contributed by atoms with Crippen molar-refractivity contribution in [2.45, 2.75) is 71.5 Å². The fourth-order valence-corrected chi connectivity index (χ4v) is 6.70. The van der Waals surface area contributed by atoms with E-state index in [1.165, 1.54) is 33.0 Å². The maximum Gasteiger partial charge on any atom is 0.0795 e. The van der Waals surface area contributed by atoms with Gasteiger partial charge in [0.1, 0.15) is 0 Å². The Kier molecular flexibility index (Phi) is 12.5. The van der Waals surface area contributed by atoms with Gasteiger partial charge in [-0.2, -0.15) is 0 Å². The van der Waals surface area contributed by atoms with Crippen LogP contribution < -0.4 is 5.19 Å². The Morgan fingerprint density at radius 1 is 0.571 bits per heavy atom. The minimum absolute atomic E-state index is 0. The molecule has 4 aromatic carbocycles. The number of hydrogen-bond donors (Lipinski definition) is 0. The smallest absolute Gasteiger partial charge is 0.0795 e. The molecule has 0 unspecified atom stereocenters. The zero-order valence-corrected chi connectivity index (χ0v) is 33.5. The average Bonchev–Trinajstić information content (AvgIpc) is 3.09. The van der Waals surface area contributed by atoms with Gasteiger partial charge in [0.15, 0.2) is 0 Å². The molecule has 0 amide bonds. The van der Waals surface area contributed by atoms with E-state index in [4.69, 9.17) is 4.98 Å². The molecule has 2 nitrogen and oxygen atoms in total. The van der Waals surface area contributed by atoms with Gasteiger partial charge in [-0.15, -0.1) is 70.8 Å². The molecule has 6 rings (SSSR count). The average molecular weight is 837 g/mol. The van der Waals surface area contributed by atoms with Crippen LogP contribution in [0.2, 0.25) is 19.6 Å². The Bertz CT molecular complexity index is 1920. The van der Waals surface area contributed by atoms with Gasteiger partial charge in [0.25, 0.3) is 0 Å². The summed E-state index contributed by atoms with van der Waals surface area (Å²) in [5.41, 5.74) is 10.7. The first kappa shape index (κ1) is 37.9. The summed E-state index contributed by atoms with van der Waals surface area (Å²) in [5, 5.41) is 1.39. The molecule has 253 valence electrons. The summed E-state index contributed by atoms with van der Waals surface area (Å²) in [4.78, 5) is 9.26. The van der Waals surface area contributed by atoms with Crippen LogP contribution in [0, 0.1) is 12.1 Å². The zero-order valence-electron chi connectivity index (χ0n) is 30.1. The predicted octanol–water partition coefficient (Wildman–Crippen LogP) is 10.9. The van der Waals surface area contributed by atoms with E-state index in [2.05, 4.69) is 181 Å². The van der Waals surface area contributed by atoms with E-state index in [1.54, 1.807) is 0 Å². The molecule has 0 spiro atoms. The number of hydrogen-bond acceptors (Lipinski definition) is 2. The first-order valence-electron chi connectivity index (χ1n) is 16.9. The molecule has 0 fully saturated rings. The fraction of sp³-hybridized carbons (Fsp3) is 0.244. The van der Waals surface area contributed by atoms with Crippen molar-refractivity contribution < 1.29 is 20.1 Å². The van der Waals surface area contributed by atoms with Gasteiger partial charge in [0, 0.05) is 32.5 Å². The molecule has 6 aromatic rings. The van der Waals surface area contributed by atoms with Gasteiger partial charge in [-0.25, -0.2) is 0 Å². The largest absolute Gasteiger partial charge is 0.305 e. The van der Waals surface area contributed by atoms with Crippen molar-refractivity contribution in [1.82, 2.24) is 9.97 Å². The van der Waals surface area contributed by atoms with Gasteiger partial charge in [-0.05, 0) is 56.6 Å². The molecule has 0 atom stereocenters. The molecule has 49 heavy (non-hydrogen) atoms. The Labute approximate surface area is 309 Å². The molecule has 2 aromatic heterocycles. The van der Waals surface area contributed by atoms with Crippen LogP contribution in [-0.4, -0.2) is 18.0 Å². The minimum Gasteiger partial charge on any atom is -0.305 e. The summed E-state index contributed by atoms with van der Waals surface area (Å²) in [5.74, 6) is 0. The molecule has 0 N–H and O–H groups in total. The molecule has 4 heteroatoms. The monoisotopic (exact) mass is 837 g/mol. The summed E-state index contributed by atoms with van der Waals surface area (Å²) in [6.07, 6.45) is 4.87. The topological polar surface area (TPSA) is 25.8 Å². The zero-order chi connectivity index (χ0) is 34.4. The first-order valence-corrected chi connectivity index (χ1v) is 20.4. The van der Waals surface area contributed by atoms with Crippen molar-refractivity contribution in [3.8, 4) is 22.5 Å². The summed E-state index contributed by atoms with van der Waals surface area (Å²) in [6, 6.07) is 49.2. The summed E-state index contributed by atoms with van der Waals surface area (Å²) in [7, 11) is -1.31. The summed E-state index contributed by atoms with van der Waals surface area (Å²) < 4.78 is 0. The number of rotatable bonds is 7. The standard InChI is InChI=1S/C23H26NSi.C22H22N.Ir/c1-23(2,19-11-7-6-8-12-19)20-13-9-10-18(16-20)22-15-14-21(17-24-22)25(3,4)5;1-22(2,3)20-11-7-10-19(16-20)21-15-18(12-13-23-21)14-17-8-5-4-6-9-17;/h6-9,11-17H,1-5H3;4-9,11-13,15-16H,14H2,1-3H3;/q2*-1;. The SMILES string of the molecule is CC(C)(C)c1cc[c-]c(-c2cc(Cc3ccccc3)ccn2)c1.CC(C)(c1ccccc1)c1cc[c-]c(-c2ccc([Si](C)(C)C)cn2)c1.[Ir]. The van der Waals surface area contributed by atoms with Crippen LogP contribution >= 0.6 is 0 Å². The van der Waals surface area contributed by atoms with Crippen LogP contribution in [0.15, 0.2) is 134 Å². The number of nitrogens with zero attached hydrogens (tertiary/aromatic N) is 2. The maximum atomic E-state index is 4.71. The Morgan fingerprint density at radius 3 is 1.76 bits per heavy atom. The van der Waals surface area contributed by atoms with E-state index in [0.717, 1.165) is 28.9 Å². The Balaban J connectivity index is 0.000000217. The second-order valence-electron chi connectivity index (χ2n) is 15.1. The van der Waals surface area contributed by atoms with Crippen molar-refractivity contribution in [1.29, 1.82) is 0 Å². The van der Waals surface area contributed by atoms with Crippen LogP contribution in [0.5, 0.6) is 0 Å². The number of benzene rings is 4. The normalized spacial score (nSPS) is 11.6. The van der Waals surface area contributed by atoms with Crippen molar-refractivity contribution in [3.05, 3.63) is 174 Å². The number of pyridine rings is 2. The molecule has 0 aliphatic rings. The molecule has 0 bridgehead atoms. The van der Waals surface area contributed by atoms with Crippen LogP contribution in [0.4, 0.5) is 0 Å². The van der Waals surface area contributed by atoms with Crippen molar-refractivity contribution >= 4 is 13.3 Å². The Morgan fingerprint density at radius 2 is 1.16 bits per heavy atom. The molecular formula is C45H48IrN2Si-2. The van der Waals surface area contributed by atoms with Gasteiger partial charge >= 0.3 is 0 Å². The molecule has 2 heterocycles. The van der Waals surface area contributed by atoms with Gasteiger partial charge in [0.2, 0.25) is 0 Å². The van der Waals surface area contributed by atoms with E-state index >= 15 is 0 Å². The minimum atomic E-state index is -1.31. The van der Waals surface area contributed by atoms with Gasteiger partial charge in [-0.3, -0.25) is 0 Å². The van der Waals surface area contributed by atoms with Crippen LogP contribution in [-0.2, 0) is 37.4 Å². The van der Waals surface area contributed by atoms with E-state index < -0.39 is 8.07 Å². The van der Waals surface area contributed by atoms with Crippen LogP contribution in [0.1, 0.15) is 62.4 Å². The maximum absolute atomic E-state index is 4.71. The van der Waals surface area contributed by atoms with Crippen molar-refractivity contribution in [2.24, 2.45) is 0 Å². The van der Waals surface area contributed by atoms with Gasteiger partial charge < -0.3 is 9.97 Å². The molecule has 1 radical (unpaired) electrons. The van der Waals surface area contributed by atoms with E-state index in [0.29, 0.717) is 0 Å². The summed E-state index contributed by atoms with van der Waals surface area (Å²) >= 11 is 0. The van der Waals surface area contributed by atoms with E-state index in [1.807, 2.05) is 24.5 Å². The first-order chi connectivity index (χ1) is 22.8. The van der Waals surface area contributed by atoms with Crippen molar-refractivity contribution in [3.63, 3.8) is 0 Å².